The highest BCUT2D eigenvalue weighted by Gasteiger charge is 2.34. The zero-order valence-corrected chi connectivity index (χ0v) is 15.8. The lowest BCUT2D eigenvalue weighted by Gasteiger charge is -2.37. The van der Waals surface area contributed by atoms with E-state index in [1.54, 1.807) is 16.4 Å². The van der Waals surface area contributed by atoms with E-state index in [1.807, 2.05) is 12.1 Å². The van der Waals surface area contributed by atoms with Gasteiger partial charge >= 0.3 is 0 Å². The minimum Gasteiger partial charge on any atom is -0.308 e. The van der Waals surface area contributed by atoms with Crippen molar-refractivity contribution in [3.8, 4) is 0 Å². The standard InChI is InChI=1S/C18H30N2O2S/c1-17(2,3)19-13-15-8-6-9-16(12-15)23(21,22)20-11-7-10-18(4,5)14-20/h6,8-9,12,19H,7,10-11,13-14H2,1-5H3. The van der Waals surface area contributed by atoms with Crippen LogP contribution in [0.15, 0.2) is 29.2 Å². The van der Waals surface area contributed by atoms with Crippen molar-refractivity contribution >= 4 is 10.0 Å². The van der Waals surface area contributed by atoms with Gasteiger partial charge in [0.05, 0.1) is 4.90 Å². The lowest BCUT2D eigenvalue weighted by atomic mass is 9.85. The zero-order chi connectivity index (χ0) is 17.3. The second-order valence-electron chi connectivity index (χ2n) is 8.36. The molecule has 0 unspecified atom stereocenters. The normalized spacial score (nSPS) is 19.7. The van der Waals surface area contributed by atoms with Crippen LogP contribution in [-0.2, 0) is 16.6 Å². The Morgan fingerprint density at radius 2 is 1.96 bits per heavy atom. The van der Waals surface area contributed by atoms with Crippen LogP contribution in [0.4, 0.5) is 0 Å². The Morgan fingerprint density at radius 3 is 2.57 bits per heavy atom. The first kappa shape index (κ1) is 18.4. The van der Waals surface area contributed by atoms with Crippen molar-refractivity contribution in [1.29, 1.82) is 0 Å². The van der Waals surface area contributed by atoms with Gasteiger partial charge < -0.3 is 5.32 Å². The first-order valence-electron chi connectivity index (χ1n) is 8.34. The smallest absolute Gasteiger partial charge is 0.243 e. The lowest BCUT2D eigenvalue weighted by molar-refractivity contribution is 0.187. The molecular formula is C18H30N2O2S. The van der Waals surface area contributed by atoms with E-state index in [4.69, 9.17) is 0 Å². The predicted octanol–water partition coefficient (Wildman–Crippen LogP) is 3.39. The average molecular weight is 339 g/mol. The number of piperidine rings is 1. The number of hydrogen-bond donors (Lipinski definition) is 1. The number of nitrogens with one attached hydrogen (secondary N) is 1. The second-order valence-corrected chi connectivity index (χ2v) is 10.3. The van der Waals surface area contributed by atoms with Gasteiger partial charge in [0, 0.05) is 25.2 Å². The Balaban J connectivity index is 2.20. The molecule has 2 rings (SSSR count). The van der Waals surface area contributed by atoms with Gasteiger partial charge in [0.1, 0.15) is 0 Å². The van der Waals surface area contributed by atoms with Gasteiger partial charge in [-0.15, -0.1) is 0 Å². The molecule has 0 saturated carbocycles. The molecule has 5 heteroatoms. The van der Waals surface area contributed by atoms with E-state index < -0.39 is 10.0 Å². The third-order valence-electron chi connectivity index (χ3n) is 4.22. The van der Waals surface area contributed by atoms with E-state index in [-0.39, 0.29) is 11.0 Å². The van der Waals surface area contributed by atoms with Gasteiger partial charge in [0.15, 0.2) is 0 Å². The summed E-state index contributed by atoms with van der Waals surface area (Å²) < 4.78 is 27.5. The fourth-order valence-corrected chi connectivity index (χ4v) is 4.64. The van der Waals surface area contributed by atoms with Crippen LogP contribution >= 0.6 is 0 Å². The molecule has 1 aliphatic rings. The molecule has 130 valence electrons. The largest absolute Gasteiger partial charge is 0.308 e. The molecular weight excluding hydrogens is 308 g/mol. The van der Waals surface area contributed by atoms with Crippen LogP contribution in [-0.4, -0.2) is 31.4 Å². The molecule has 1 aliphatic heterocycles. The summed E-state index contributed by atoms with van der Waals surface area (Å²) in [5, 5.41) is 3.40. The fourth-order valence-electron chi connectivity index (χ4n) is 2.91. The molecule has 23 heavy (non-hydrogen) atoms. The summed E-state index contributed by atoms with van der Waals surface area (Å²) in [6.45, 7) is 12.5. The molecule has 0 radical (unpaired) electrons. The van der Waals surface area contributed by atoms with E-state index in [0.717, 1.165) is 18.4 Å². The topological polar surface area (TPSA) is 49.4 Å². The molecule has 0 aromatic heterocycles. The minimum atomic E-state index is -3.40. The van der Waals surface area contributed by atoms with Gasteiger partial charge in [-0.05, 0) is 56.7 Å². The summed E-state index contributed by atoms with van der Waals surface area (Å²) in [5.41, 5.74) is 1.06. The number of benzene rings is 1. The SMILES string of the molecule is CC1(C)CCCN(S(=O)(=O)c2cccc(CNC(C)(C)C)c2)C1. The van der Waals surface area contributed by atoms with Crippen molar-refractivity contribution in [1.82, 2.24) is 9.62 Å². The number of hydrogen-bond acceptors (Lipinski definition) is 3. The molecule has 1 N–H and O–H groups in total. The van der Waals surface area contributed by atoms with Crippen LogP contribution in [0.3, 0.4) is 0 Å². The highest BCUT2D eigenvalue weighted by molar-refractivity contribution is 7.89. The Labute approximate surface area is 141 Å². The van der Waals surface area contributed by atoms with Gasteiger partial charge in [0.2, 0.25) is 10.0 Å². The van der Waals surface area contributed by atoms with Crippen LogP contribution in [0.5, 0.6) is 0 Å². The zero-order valence-electron chi connectivity index (χ0n) is 15.0. The highest BCUT2D eigenvalue weighted by Crippen LogP contribution is 2.31. The summed E-state index contributed by atoms with van der Waals surface area (Å²) >= 11 is 0. The Hall–Kier alpha value is -0.910. The van der Waals surface area contributed by atoms with Crippen LogP contribution in [0.2, 0.25) is 0 Å². The summed E-state index contributed by atoms with van der Waals surface area (Å²) in [4.78, 5) is 0.406. The molecule has 0 amide bonds. The highest BCUT2D eigenvalue weighted by atomic mass is 32.2. The summed E-state index contributed by atoms with van der Waals surface area (Å²) in [5.74, 6) is 0. The fraction of sp³-hybridized carbons (Fsp3) is 0.667. The van der Waals surface area contributed by atoms with Crippen molar-refractivity contribution < 1.29 is 8.42 Å². The van der Waals surface area contributed by atoms with E-state index in [1.165, 1.54) is 0 Å². The van der Waals surface area contributed by atoms with Crippen molar-refractivity contribution in [2.75, 3.05) is 13.1 Å². The Kier molecular flexibility index (Phi) is 5.24. The van der Waals surface area contributed by atoms with Gasteiger partial charge in [-0.3, -0.25) is 0 Å². The molecule has 0 aliphatic carbocycles. The second kappa shape index (κ2) is 6.54. The van der Waals surface area contributed by atoms with Crippen LogP contribution in [0.25, 0.3) is 0 Å². The van der Waals surface area contributed by atoms with E-state index >= 15 is 0 Å². The van der Waals surface area contributed by atoms with Gasteiger partial charge in [-0.2, -0.15) is 4.31 Å². The molecule has 1 aromatic carbocycles. The maximum absolute atomic E-state index is 12.9. The van der Waals surface area contributed by atoms with Crippen LogP contribution in [0, 0.1) is 5.41 Å². The third-order valence-corrected chi connectivity index (χ3v) is 6.07. The first-order chi connectivity index (χ1) is 10.5. The number of nitrogens with zero attached hydrogens (tertiary/aromatic N) is 1. The Bertz CT molecular complexity index is 645. The summed E-state index contributed by atoms with van der Waals surface area (Å²) in [6, 6.07) is 7.31. The number of sulfonamides is 1. The molecule has 1 aromatic rings. The van der Waals surface area contributed by atoms with Gasteiger partial charge in [-0.25, -0.2) is 8.42 Å². The molecule has 0 atom stereocenters. The maximum atomic E-state index is 12.9. The molecule has 1 heterocycles. The van der Waals surface area contributed by atoms with Crippen LogP contribution < -0.4 is 5.32 Å². The van der Waals surface area contributed by atoms with Gasteiger partial charge in [0.25, 0.3) is 0 Å². The van der Waals surface area contributed by atoms with E-state index in [0.29, 0.717) is 24.5 Å². The monoisotopic (exact) mass is 338 g/mol. The summed E-state index contributed by atoms with van der Waals surface area (Å²) in [7, 11) is -3.40. The molecule has 0 spiro atoms. The molecule has 4 nitrogen and oxygen atoms in total. The van der Waals surface area contributed by atoms with Crippen molar-refractivity contribution in [2.24, 2.45) is 5.41 Å². The summed E-state index contributed by atoms with van der Waals surface area (Å²) in [6.07, 6.45) is 2.01. The van der Waals surface area contributed by atoms with Crippen molar-refractivity contribution in [2.45, 2.75) is 64.4 Å². The third kappa shape index (κ3) is 5.03. The van der Waals surface area contributed by atoms with Crippen LogP contribution in [0.1, 0.15) is 53.0 Å². The minimum absolute atomic E-state index is 0.00573. The predicted molar refractivity (Wildman–Crippen MR) is 94.8 cm³/mol. The number of rotatable bonds is 4. The molecule has 0 bridgehead atoms. The molecule has 1 fully saturated rings. The van der Waals surface area contributed by atoms with Crippen molar-refractivity contribution in [3.63, 3.8) is 0 Å². The quantitative estimate of drug-likeness (QED) is 0.915. The van der Waals surface area contributed by atoms with Gasteiger partial charge in [-0.1, -0.05) is 26.0 Å². The van der Waals surface area contributed by atoms with Crippen molar-refractivity contribution in [3.05, 3.63) is 29.8 Å². The molecule has 1 saturated heterocycles. The van der Waals surface area contributed by atoms with E-state index in [9.17, 15) is 8.42 Å². The maximum Gasteiger partial charge on any atom is 0.243 e. The first-order valence-corrected chi connectivity index (χ1v) is 9.78. The Morgan fingerprint density at radius 1 is 1.26 bits per heavy atom. The average Bonchev–Trinajstić information content (AvgIpc) is 2.44. The lowest BCUT2D eigenvalue weighted by Crippen LogP contribution is -2.43. The van der Waals surface area contributed by atoms with E-state index in [2.05, 4.69) is 39.9 Å².